The van der Waals surface area contributed by atoms with E-state index >= 15 is 0 Å². The zero-order valence-electron chi connectivity index (χ0n) is 11.1. The molecule has 0 heterocycles. The lowest BCUT2D eigenvalue weighted by molar-refractivity contribution is 0.195. The first-order valence-corrected chi connectivity index (χ1v) is 6.38. The Morgan fingerprint density at radius 3 is 2.45 bits per heavy atom. The fourth-order valence-corrected chi connectivity index (χ4v) is 1.88. The fourth-order valence-electron chi connectivity index (χ4n) is 1.88. The van der Waals surface area contributed by atoms with Crippen LogP contribution in [-0.4, -0.2) is 11.2 Å². The summed E-state index contributed by atoms with van der Waals surface area (Å²) in [5.74, 6) is -0.405. The van der Waals surface area contributed by atoms with Crippen molar-refractivity contribution in [1.29, 1.82) is 0 Å². The lowest BCUT2D eigenvalue weighted by Crippen LogP contribution is -2.04. The fraction of sp³-hybridized carbons (Fsp3) is 0.250. The van der Waals surface area contributed by atoms with Gasteiger partial charge in [-0.05, 0) is 49.2 Å². The summed E-state index contributed by atoms with van der Waals surface area (Å²) in [4.78, 5) is 0. The normalized spacial score (nSPS) is 12.2. The molecule has 0 spiro atoms. The molecule has 2 aromatic rings. The van der Waals surface area contributed by atoms with E-state index in [2.05, 4.69) is 0 Å². The summed E-state index contributed by atoms with van der Waals surface area (Å²) in [6.07, 6.45) is 0.168. The van der Waals surface area contributed by atoms with E-state index in [9.17, 15) is 13.9 Å². The molecular weight excluding hydrogens is 262 g/mol. The highest BCUT2D eigenvalue weighted by Gasteiger charge is 2.05. The van der Waals surface area contributed by atoms with Crippen LogP contribution in [0.2, 0.25) is 0 Å². The Balaban J connectivity index is 1.98. The third kappa shape index (κ3) is 4.03. The number of ether oxygens (including phenoxy) is 1. The van der Waals surface area contributed by atoms with Gasteiger partial charge in [-0.25, -0.2) is 8.78 Å². The molecular formula is C16H16F2O2. The first-order valence-electron chi connectivity index (χ1n) is 6.38. The lowest BCUT2D eigenvalue weighted by Gasteiger charge is -2.09. The van der Waals surface area contributed by atoms with Gasteiger partial charge in [0, 0.05) is 5.56 Å². The maximum Gasteiger partial charge on any atom is 0.130 e. The van der Waals surface area contributed by atoms with Crippen LogP contribution in [0.5, 0.6) is 5.75 Å². The summed E-state index contributed by atoms with van der Waals surface area (Å²) in [6.45, 7) is 1.69. The number of aliphatic hydroxyl groups excluding tert-OH is 1. The molecule has 4 heteroatoms. The van der Waals surface area contributed by atoms with Crippen molar-refractivity contribution in [2.24, 2.45) is 0 Å². The third-order valence-corrected chi connectivity index (χ3v) is 2.86. The third-order valence-electron chi connectivity index (χ3n) is 2.86. The predicted octanol–water partition coefficient (Wildman–Crippen LogP) is 3.47. The topological polar surface area (TPSA) is 29.5 Å². The monoisotopic (exact) mass is 278 g/mol. The molecule has 2 nitrogen and oxygen atoms in total. The van der Waals surface area contributed by atoms with Crippen LogP contribution >= 0.6 is 0 Å². The SMILES string of the molecule is CC(O)Cc1ccc(OCc2cc(F)ccc2F)cc1. The van der Waals surface area contributed by atoms with Crippen molar-refractivity contribution in [3.8, 4) is 5.75 Å². The highest BCUT2D eigenvalue weighted by molar-refractivity contribution is 5.28. The van der Waals surface area contributed by atoms with Crippen LogP contribution in [0.1, 0.15) is 18.1 Å². The molecule has 0 radical (unpaired) electrons. The summed E-state index contributed by atoms with van der Waals surface area (Å²) in [6, 6.07) is 10.4. The molecule has 2 rings (SSSR count). The van der Waals surface area contributed by atoms with Crippen molar-refractivity contribution >= 4 is 0 Å². The van der Waals surface area contributed by atoms with Crippen molar-refractivity contribution in [2.75, 3.05) is 0 Å². The highest BCUT2D eigenvalue weighted by atomic mass is 19.1. The van der Waals surface area contributed by atoms with Crippen molar-refractivity contribution < 1.29 is 18.6 Å². The van der Waals surface area contributed by atoms with Gasteiger partial charge in [0.15, 0.2) is 0 Å². The molecule has 0 bridgehead atoms. The van der Waals surface area contributed by atoms with E-state index in [0.717, 1.165) is 23.8 Å². The minimum Gasteiger partial charge on any atom is -0.489 e. The lowest BCUT2D eigenvalue weighted by atomic mass is 10.1. The van der Waals surface area contributed by atoms with Gasteiger partial charge in [0.05, 0.1) is 6.10 Å². The molecule has 0 saturated carbocycles. The van der Waals surface area contributed by atoms with Gasteiger partial charge in [0.25, 0.3) is 0 Å². The highest BCUT2D eigenvalue weighted by Crippen LogP contribution is 2.17. The van der Waals surface area contributed by atoms with Gasteiger partial charge in [-0.15, -0.1) is 0 Å². The molecule has 0 aliphatic heterocycles. The van der Waals surface area contributed by atoms with E-state index in [0.29, 0.717) is 12.2 Å². The van der Waals surface area contributed by atoms with E-state index in [-0.39, 0.29) is 12.2 Å². The number of aliphatic hydroxyl groups is 1. The zero-order valence-corrected chi connectivity index (χ0v) is 11.1. The molecule has 1 N–H and O–H groups in total. The summed E-state index contributed by atoms with van der Waals surface area (Å²) < 4.78 is 31.8. The molecule has 0 saturated heterocycles. The molecule has 106 valence electrons. The number of rotatable bonds is 5. The van der Waals surface area contributed by atoms with E-state index < -0.39 is 17.7 Å². The van der Waals surface area contributed by atoms with Crippen molar-refractivity contribution in [1.82, 2.24) is 0 Å². The van der Waals surface area contributed by atoms with Crippen LogP contribution in [0.25, 0.3) is 0 Å². The largest absolute Gasteiger partial charge is 0.489 e. The van der Waals surface area contributed by atoms with E-state index in [1.807, 2.05) is 12.1 Å². The maximum atomic E-state index is 13.4. The van der Waals surface area contributed by atoms with Crippen LogP contribution < -0.4 is 4.74 Å². The second kappa shape index (κ2) is 6.48. The summed E-state index contributed by atoms with van der Waals surface area (Å²) in [7, 11) is 0. The molecule has 20 heavy (non-hydrogen) atoms. The minimum atomic E-state index is -0.489. The number of hydrogen-bond acceptors (Lipinski definition) is 2. The summed E-state index contributed by atoms with van der Waals surface area (Å²) >= 11 is 0. The van der Waals surface area contributed by atoms with Crippen LogP contribution in [-0.2, 0) is 13.0 Å². The van der Waals surface area contributed by atoms with Crippen molar-refractivity contribution in [3.05, 3.63) is 65.2 Å². The average molecular weight is 278 g/mol. The molecule has 0 aromatic heterocycles. The van der Waals surface area contributed by atoms with E-state index in [1.165, 1.54) is 0 Å². The van der Waals surface area contributed by atoms with E-state index in [4.69, 9.17) is 4.74 Å². The Bertz CT molecular complexity index is 565. The molecule has 0 fully saturated rings. The van der Waals surface area contributed by atoms with Crippen LogP contribution in [0.15, 0.2) is 42.5 Å². The van der Waals surface area contributed by atoms with Gasteiger partial charge in [-0.3, -0.25) is 0 Å². The average Bonchev–Trinajstić information content (AvgIpc) is 2.41. The minimum absolute atomic E-state index is 0.0284. The molecule has 0 amide bonds. The second-order valence-electron chi connectivity index (χ2n) is 4.72. The van der Waals surface area contributed by atoms with Gasteiger partial charge in [-0.2, -0.15) is 0 Å². The quantitative estimate of drug-likeness (QED) is 0.907. The van der Waals surface area contributed by atoms with Crippen LogP contribution in [0.4, 0.5) is 8.78 Å². The maximum absolute atomic E-state index is 13.4. The first kappa shape index (κ1) is 14.5. The zero-order chi connectivity index (χ0) is 14.5. The Hall–Kier alpha value is -1.94. The van der Waals surface area contributed by atoms with E-state index in [1.54, 1.807) is 19.1 Å². The second-order valence-corrected chi connectivity index (χ2v) is 4.72. The van der Waals surface area contributed by atoms with Gasteiger partial charge in [0.1, 0.15) is 24.0 Å². The van der Waals surface area contributed by atoms with Gasteiger partial charge < -0.3 is 9.84 Å². The molecule has 0 aliphatic rings. The van der Waals surface area contributed by atoms with Gasteiger partial charge >= 0.3 is 0 Å². The smallest absolute Gasteiger partial charge is 0.130 e. The standard InChI is InChI=1S/C16H16F2O2/c1-11(19)8-12-2-5-15(6-3-12)20-10-13-9-14(17)4-7-16(13)18/h2-7,9,11,19H,8,10H2,1H3. The van der Waals surface area contributed by atoms with Gasteiger partial charge in [0.2, 0.25) is 0 Å². The molecule has 1 unspecified atom stereocenters. The summed E-state index contributed by atoms with van der Waals surface area (Å²) in [5.41, 5.74) is 1.17. The van der Waals surface area contributed by atoms with Crippen molar-refractivity contribution in [3.63, 3.8) is 0 Å². The molecule has 0 aliphatic carbocycles. The van der Waals surface area contributed by atoms with Gasteiger partial charge in [-0.1, -0.05) is 12.1 Å². The Morgan fingerprint density at radius 1 is 1.10 bits per heavy atom. The van der Waals surface area contributed by atoms with Crippen LogP contribution in [0.3, 0.4) is 0 Å². The molecule has 2 aromatic carbocycles. The van der Waals surface area contributed by atoms with Crippen LogP contribution in [0, 0.1) is 11.6 Å². The summed E-state index contributed by atoms with van der Waals surface area (Å²) in [5, 5.41) is 9.28. The Morgan fingerprint density at radius 2 is 1.80 bits per heavy atom. The number of hydrogen-bond donors (Lipinski definition) is 1. The van der Waals surface area contributed by atoms with Crippen molar-refractivity contribution in [2.45, 2.75) is 26.1 Å². The predicted molar refractivity (Wildman–Crippen MR) is 72.5 cm³/mol. The number of benzene rings is 2. The molecule has 1 atom stereocenters. The Labute approximate surface area is 116 Å². The first-order chi connectivity index (χ1) is 9.54. The Kier molecular flexibility index (Phi) is 4.69. The number of halogens is 2.